The van der Waals surface area contributed by atoms with Gasteiger partial charge in [-0.2, -0.15) is 0 Å². The number of hydrogen-bond donors (Lipinski definition) is 14. The first kappa shape index (κ1) is 89.3. The average molecular weight is 1300 g/mol. The molecule has 0 aliphatic carbocycles. The van der Waals surface area contributed by atoms with Crippen LogP contribution in [0, 0.1) is 0 Å². The molecule has 0 fully saturated rings. The van der Waals surface area contributed by atoms with Crippen LogP contribution in [0.1, 0.15) is 252 Å². The fourth-order valence-electron chi connectivity index (χ4n) is 10.9. The maximum atomic E-state index is 14.0. The van der Waals surface area contributed by atoms with Crippen molar-refractivity contribution in [3.8, 4) is 0 Å². The Balaban J connectivity index is 0. The van der Waals surface area contributed by atoms with Gasteiger partial charge in [-0.3, -0.25) is 50.1 Å². The molecule has 6 atom stereocenters. The molecule has 0 aliphatic rings. The zero-order valence-corrected chi connectivity index (χ0v) is 56.2. The summed E-state index contributed by atoms with van der Waals surface area (Å²) < 4.78 is 0. The predicted octanol–water partition coefficient (Wildman–Crippen LogP) is 4.09. The molecule has 0 spiro atoms. The van der Waals surface area contributed by atoms with Crippen molar-refractivity contribution in [1.29, 1.82) is 0 Å². The van der Waals surface area contributed by atoms with E-state index in [2.05, 4.69) is 46.0 Å². The molecule has 24 heteroatoms. The van der Waals surface area contributed by atoms with Gasteiger partial charge in [0.25, 0.3) is 0 Å². The maximum Gasteiger partial charge on any atom is 0.239 e. The van der Waals surface area contributed by atoms with E-state index >= 15 is 0 Å². The molecule has 0 unspecified atom stereocenters. The van der Waals surface area contributed by atoms with Crippen LogP contribution in [0.4, 0.5) is 0 Å². The maximum absolute atomic E-state index is 14.0. The number of nitrogens with zero attached hydrogens (tertiary/aromatic N) is 2. The third-order valence-electron chi connectivity index (χ3n) is 16.7. The molecular weight excluding hydrogens is 1160 g/mol. The van der Waals surface area contributed by atoms with Gasteiger partial charge in [0.15, 0.2) is 17.3 Å². The summed E-state index contributed by atoms with van der Waals surface area (Å²) in [6.45, 7) is 6.99. The number of nitrogens with two attached hydrogens (primary N) is 6. The lowest BCUT2D eigenvalue weighted by Crippen LogP contribution is -2.62. The molecule has 0 aromatic rings. The number of nitrogens with one attached hydrogen (secondary N) is 6. The molecule has 534 valence electrons. The second-order valence-corrected chi connectivity index (χ2v) is 24.6. The largest absolute Gasteiger partial charge is 0.394 e. The van der Waals surface area contributed by atoms with Gasteiger partial charge >= 0.3 is 0 Å². The van der Waals surface area contributed by atoms with Crippen molar-refractivity contribution in [2.45, 2.75) is 301 Å². The Labute approximate surface area is 550 Å². The van der Waals surface area contributed by atoms with Crippen LogP contribution in [0.5, 0.6) is 0 Å². The third-order valence-corrected chi connectivity index (χ3v) is 16.7. The van der Waals surface area contributed by atoms with Gasteiger partial charge in [0.2, 0.25) is 17.7 Å². The third kappa shape index (κ3) is 45.3. The number of aldehydes is 2. The Kier molecular flexibility index (Phi) is 61.2. The highest BCUT2D eigenvalue weighted by Crippen LogP contribution is 2.16. The van der Waals surface area contributed by atoms with E-state index in [4.69, 9.17) is 34.4 Å². The highest BCUT2D eigenvalue weighted by molar-refractivity contribution is 6.10. The first-order chi connectivity index (χ1) is 43.7. The molecule has 0 aromatic heterocycles. The van der Waals surface area contributed by atoms with Crippen molar-refractivity contribution in [3.05, 3.63) is 0 Å². The number of aliphatic hydroxyl groups is 2. The Morgan fingerprint density at radius 2 is 0.791 bits per heavy atom. The average Bonchev–Trinajstić information content (AvgIpc) is 1.86. The van der Waals surface area contributed by atoms with Crippen molar-refractivity contribution in [3.63, 3.8) is 0 Å². The Bertz CT molecular complexity index is 1780. The lowest BCUT2D eigenvalue weighted by Gasteiger charge is -2.29. The van der Waals surface area contributed by atoms with Gasteiger partial charge in [-0.15, -0.1) is 0 Å². The van der Waals surface area contributed by atoms with Crippen molar-refractivity contribution in [2.75, 3.05) is 78.7 Å². The quantitative estimate of drug-likeness (QED) is 0.0134. The van der Waals surface area contributed by atoms with Crippen LogP contribution in [0.2, 0.25) is 0 Å². The van der Waals surface area contributed by atoms with E-state index in [0.29, 0.717) is 162 Å². The topological polar surface area (TPSA) is 412 Å². The van der Waals surface area contributed by atoms with E-state index in [1.165, 1.54) is 64.2 Å². The van der Waals surface area contributed by atoms with Crippen LogP contribution in [-0.2, 0) is 38.4 Å². The molecular formula is C67H136N14O10. The molecule has 0 radical (unpaired) electrons. The summed E-state index contributed by atoms with van der Waals surface area (Å²) in [6.07, 6.45) is 29.9. The number of carbonyl (C=O) groups excluding carboxylic acids is 8. The Morgan fingerprint density at radius 1 is 0.429 bits per heavy atom. The van der Waals surface area contributed by atoms with Crippen LogP contribution in [0.15, 0.2) is 0 Å². The standard InChI is InChI=1S/C66H132N14O10.CH4/c1-3-5-7-9-11-13-15-17-19-37-59(85)79(47-31-43-73-66(90)58(52-84)77-61(62(87)55(71)35-23-27-41-69)63(88)56(72)36-24-28-42-70)45-29-30-46-80(60(86)38-20-18-16-14-12-10-8-6-4-2)48-32-44-74-78-57(51-83)64(89)65(75-53(49-81)33-21-25-39-67)76-54(50-82)34-22-26-40-68;/h49-50,53-58,61,65,74-78,83-84H,3-48,51-52,67-72H2,1-2H3,(H,73,90);1H4/t53-,54-,55+,56+,57+,58+;/m1./s1. The van der Waals surface area contributed by atoms with E-state index < -0.39 is 84.9 Å². The molecule has 20 N–H and O–H groups in total. The smallest absolute Gasteiger partial charge is 0.239 e. The molecule has 0 rings (SSSR count). The summed E-state index contributed by atoms with van der Waals surface area (Å²) >= 11 is 0. The fraction of sp³-hybridized carbons (Fsp3) is 0.881. The van der Waals surface area contributed by atoms with E-state index in [1.807, 2.05) is 9.80 Å². The summed E-state index contributed by atoms with van der Waals surface area (Å²) in [5.74, 6) is -2.31. The number of rotatable bonds is 68. The normalized spacial score (nSPS) is 13.5. The Morgan fingerprint density at radius 3 is 1.16 bits per heavy atom. The van der Waals surface area contributed by atoms with Crippen LogP contribution in [0.25, 0.3) is 0 Å². The van der Waals surface area contributed by atoms with E-state index in [9.17, 15) is 48.6 Å². The molecule has 24 nitrogen and oxygen atoms in total. The first-order valence-electron chi connectivity index (χ1n) is 35.3. The van der Waals surface area contributed by atoms with Gasteiger partial charge in [-0.1, -0.05) is 150 Å². The molecule has 0 saturated heterocycles. The van der Waals surface area contributed by atoms with Gasteiger partial charge in [0.1, 0.15) is 36.9 Å². The fourth-order valence-corrected chi connectivity index (χ4v) is 10.9. The number of amides is 3. The summed E-state index contributed by atoms with van der Waals surface area (Å²) in [6, 6.07) is -7.40. The van der Waals surface area contributed by atoms with E-state index in [0.717, 1.165) is 63.9 Å². The van der Waals surface area contributed by atoms with Crippen molar-refractivity contribution < 1.29 is 48.6 Å². The summed E-state index contributed by atoms with van der Waals surface area (Å²) in [4.78, 5) is 111. The van der Waals surface area contributed by atoms with Crippen LogP contribution in [-0.4, -0.2) is 195 Å². The summed E-state index contributed by atoms with van der Waals surface area (Å²) in [5, 5.41) is 32.6. The Hall–Kier alpha value is -3.76. The minimum Gasteiger partial charge on any atom is -0.394 e. The lowest BCUT2D eigenvalue weighted by atomic mass is 9.92. The second kappa shape index (κ2) is 62.4. The monoisotopic (exact) mass is 1300 g/mol. The number of ketones is 3. The predicted molar refractivity (Wildman–Crippen MR) is 367 cm³/mol. The second-order valence-electron chi connectivity index (χ2n) is 24.6. The zero-order chi connectivity index (χ0) is 66.8. The minimum absolute atomic E-state index is 0. The molecule has 0 aliphatic heterocycles. The van der Waals surface area contributed by atoms with Gasteiger partial charge in [0, 0.05) is 52.1 Å². The highest BCUT2D eigenvalue weighted by atomic mass is 16.3. The van der Waals surface area contributed by atoms with Crippen LogP contribution in [0.3, 0.4) is 0 Å². The molecule has 0 heterocycles. The number of hydrogen-bond acceptors (Lipinski definition) is 21. The summed E-state index contributed by atoms with van der Waals surface area (Å²) in [5.41, 5.74) is 41.2. The number of hydrazine groups is 1. The number of aliphatic hydroxyl groups excluding tert-OH is 2. The molecule has 3 amide bonds. The molecule has 0 saturated carbocycles. The molecule has 0 aromatic carbocycles. The van der Waals surface area contributed by atoms with Crippen molar-refractivity contribution in [2.24, 2.45) is 34.4 Å². The lowest BCUT2D eigenvalue weighted by molar-refractivity contribution is -0.134. The highest BCUT2D eigenvalue weighted by Gasteiger charge is 2.36. The molecule has 0 bridgehead atoms. The SMILES string of the molecule is C.CCCCCCCCCCCC(=O)N(CCCCN(CCCNC(=O)[C@H](CO)NC(C(=O)[C@@H](N)CCCCN)C(=O)[C@@H](N)CCCCN)C(=O)CCCCCCCCCCC)CCCNN[C@@H](CO)C(=O)C(N[C@@H](C=O)CCCCN)N[C@@H](C=O)CCCCN. The number of carbonyl (C=O) groups is 8. The van der Waals surface area contributed by atoms with Gasteiger partial charge in [-0.25, -0.2) is 5.43 Å². The first-order valence-corrected chi connectivity index (χ1v) is 35.3. The molecule has 91 heavy (non-hydrogen) atoms. The van der Waals surface area contributed by atoms with Crippen molar-refractivity contribution in [1.82, 2.24) is 41.9 Å². The van der Waals surface area contributed by atoms with Crippen LogP contribution < -0.4 is 66.5 Å². The van der Waals surface area contributed by atoms with E-state index in [-0.39, 0.29) is 38.6 Å². The van der Waals surface area contributed by atoms with Gasteiger partial charge in [-0.05, 0) is 116 Å². The zero-order valence-electron chi connectivity index (χ0n) is 56.2. The van der Waals surface area contributed by atoms with Gasteiger partial charge < -0.3 is 69.3 Å². The number of Topliss-reactive ketones (excluding diaryl/α,β-unsaturated/α-hetero) is 3. The van der Waals surface area contributed by atoms with Crippen LogP contribution >= 0.6 is 0 Å². The number of unbranched alkanes of at least 4 members (excludes halogenated alkanes) is 21. The van der Waals surface area contributed by atoms with E-state index in [1.54, 1.807) is 0 Å². The van der Waals surface area contributed by atoms with Gasteiger partial charge in [0.05, 0.1) is 37.4 Å². The van der Waals surface area contributed by atoms with Crippen molar-refractivity contribution >= 4 is 47.6 Å². The minimum atomic E-state index is -1.52. The summed E-state index contributed by atoms with van der Waals surface area (Å²) in [7, 11) is 0.